The molecule has 0 saturated carbocycles. The standard InChI is InChI=1S/C19H33NO8/c1-7-18(4,5)16(21)27-10-11-28-17(22)20-19(6,12-25-14-23-8-2)13-26-15-24-9-3/h8-9H,2-3,7,10-15H2,1,4-6H3,(H,20,22). The molecule has 162 valence electrons. The van der Waals surface area contributed by atoms with E-state index in [9.17, 15) is 9.59 Å². The lowest BCUT2D eigenvalue weighted by molar-refractivity contribution is -0.155. The van der Waals surface area contributed by atoms with Crippen molar-refractivity contribution in [3.63, 3.8) is 0 Å². The summed E-state index contributed by atoms with van der Waals surface area (Å²) in [7, 11) is 0. The first-order chi connectivity index (χ1) is 13.2. The Morgan fingerprint density at radius 3 is 1.89 bits per heavy atom. The van der Waals surface area contributed by atoms with E-state index in [0.29, 0.717) is 6.42 Å². The second-order valence-electron chi connectivity index (χ2n) is 6.79. The molecule has 0 bridgehead atoms. The van der Waals surface area contributed by atoms with Crippen LogP contribution >= 0.6 is 0 Å². The van der Waals surface area contributed by atoms with Gasteiger partial charge >= 0.3 is 12.1 Å². The van der Waals surface area contributed by atoms with Crippen molar-refractivity contribution in [2.75, 3.05) is 40.0 Å². The van der Waals surface area contributed by atoms with Crippen molar-refractivity contribution in [1.82, 2.24) is 5.32 Å². The van der Waals surface area contributed by atoms with Crippen LogP contribution in [-0.2, 0) is 33.2 Å². The van der Waals surface area contributed by atoms with Gasteiger partial charge in [-0.25, -0.2) is 4.79 Å². The Labute approximate surface area is 166 Å². The minimum Gasteiger partial charge on any atom is -0.476 e. The summed E-state index contributed by atoms with van der Waals surface area (Å²) in [6.45, 7) is 14.0. The van der Waals surface area contributed by atoms with E-state index in [1.807, 2.05) is 6.92 Å². The third-order valence-corrected chi connectivity index (χ3v) is 3.77. The minimum atomic E-state index is -0.910. The van der Waals surface area contributed by atoms with Crippen LogP contribution in [-0.4, -0.2) is 57.6 Å². The molecule has 0 aliphatic rings. The number of rotatable bonds is 16. The average molecular weight is 403 g/mol. The molecule has 0 aromatic carbocycles. The molecule has 0 atom stereocenters. The molecule has 0 radical (unpaired) electrons. The van der Waals surface area contributed by atoms with Crippen molar-refractivity contribution in [3.8, 4) is 0 Å². The molecule has 0 aliphatic heterocycles. The Hall–Kier alpha value is -2.26. The predicted octanol–water partition coefficient (Wildman–Crippen LogP) is 2.72. The lowest BCUT2D eigenvalue weighted by atomic mass is 9.91. The number of carbonyl (C=O) groups excluding carboxylic acids is 2. The van der Waals surface area contributed by atoms with Gasteiger partial charge in [-0.3, -0.25) is 4.79 Å². The first-order valence-electron chi connectivity index (χ1n) is 8.93. The van der Waals surface area contributed by atoms with E-state index >= 15 is 0 Å². The Morgan fingerprint density at radius 1 is 0.929 bits per heavy atom. The lowest BCUT2D eigenvalue weighted by Crippen LogP contribution is -2.53. The highest BCUT2D eigenvalue weighted by molar-refractivity contribution is 5.75. The quantitative estimate of drug-likeness (QED) is 0.182. The largest absolute Gasteiger partial charge is 0.476 e. The van der Waals surface area contributed by atoms with Gasteiger partial charge in [0.2, 0.25) is 0 Å². The summed E-state index contributed by atoms with van der Waals surface area (Å²) < 4.78 is 30.6. The van der Waals surface area contributed by atoms with Gasteiger partial charge in [0.05, 0.1) is 36.7 Å². The zero-order valence-corrected chi connectivity index (χ0v) is 17.3. The van der Waals surface area contributed by atoms with E-state index in [0.717, 1.165) is 0 Å². The SMILES string of the molecule is C=COCOCC(C)(COCOC=C)NC(=O)OCCOC(=O)C(C)(C)CC. The highest BCUT2D eigenvalue weighted by Gasteiger charge is 2.29. The predicted molar refractivity (Wildman–Crippen MR) is 102 cm³/mol. The molecular weight excluding hydrogens is 370 g/mol. The molecule has 9 nitrogen and oxygen atoms in total. The molecule has 0 fully saturated rings. The average Bonchev–Trinajstić information content (AvgIpc) is 2.65. The molecule has 0 aromatic heterocycles. The molecule has 0 saturated heterocycles. The summed E-state index contributed by atoms with van der Waals surface area (Å²) >= 11 is 0. The highest BCUT2D eigenvalue weighted by Crippen LogP contribution is 2.21. The maximum absolute atomic E-state index is 12.1. The first kappa shape index (κ1) is 25.7. The second kappa shape index (κ2) is 13.8. The van der Waals surface area contributed by atoms with Gasteiger partial charge in [-0.05, 0) is 27.2 Å². The normalized spacial score (nSPS) is 11.3. The fraction of sp³-hybridized carbons (Fsp3) is 0.684. The minimum absolute atomic E-state index is 0.0257. The van der Waals surface area contributed by atoms with E-state index < -0.39 is 17.0 Å². The summed E-state index contributed by atoms with van der Waals surface area (Å²) in [6.07, 6.45) is 2.44. The van der Waals surface area contributed by atoms with Gasteiger partial charge in [-0.2, -0.15) is 0 Å². The summed E-state index contributed by atoms with van der Waals surface area (Å²) in [5.41, 5.74) is -1.48. The third kappa shape index (κ3) is 11.5. The van der Waals surface area contributed by atoms with E-state index in [4.69, 9.17) is 28.4 Å². The van der Waals surface area contributed by atoms with Gasteiger partial charge in [0, 0.05) is 0 Å². The molecule has 0 aliphatic carbocycles. The number of nitrogens with one attached hydrogen (secondary N) is 1. The van der Waals surface area contributed by atoms with Crippen molar-refractivity contribution in [1.29, 1.82) is 0 Å². The molecule has 9 heteroatoms. The maximum Gasteiger partial charge on any atom is 0.407 e. The summed E-state index contributed by atoms with van der Waals surface area (Å²) in [6, 6.07) is 0. The highest BCUT2D eigenvalue weighted by atomic mass is 16.7. The third-order valence-electron chi connectivity index (χ3n) is 3.77. The molecule has 0 aromatic rings. The van der Waals surface area contributed by atoms with E-state index in [1.165, 1.54) is 12.5 Å². The van der Waals surface area contributed by atoms with Crippen LogP contribution in [0, 0.1) is 5.41 Å². The molecule has 1 N–H and O–H groups in total. The molecule has 0 spiro atoms. The molecule has 1 amide bonds. The zero-order chi connectivity index (χ0) is 21.5. The van der Waals surface area contributed by atoms with Crippen LogP contribution in [0.1, 0.15) is 34.1 Å². The molecular formula is C19H33NO8. The molecule has 28 heavy (non-hydrogen) atoms. The number of alkyl carbamates (subject to hydrolysis) is 1. The molecule has 0 unspecified atom stereocenters. The second-order valence-corrected chi connectivity index (χ2v) is 6.79. The fourth-order valence-electron chi connectivity index (χ4n) is 1.73. The number of esters is 1. The van der Waals surface area contributed by atoms with Crippen LogP contribution < -0.4 is 5.32 Å². The lowest BCUT2D eigenvalue weighted by Gasteiger charge is -2.29. The van der Waals surface area contributed by atoms with Gasteiger partial charge in [0.1, 0.15) is 13.2 Å². The maximum atomic E-state index is 12.1. The number of hydrogen-bond acceptors (Lipinski definition) is 8. The van der Waals surface area contributed by atoms with Gasteiger partial charge in [-0.15, -0.1) is 0 Å². The van der Waals surface area contributed by atoms with Crippen molar-refractivity contribution in [2.24, 2.45) is 5.41 Å². The Balaban J connectivity index is 4.41. The summed E-state index contributed by atoms with van der Waals surface area (Å²) in [5, 5.41) is 2.66. The van der Waals surface area contributed by atoms with Crippen LogP contribution in [0.15, 0.2) is 25.7 Å². The Morgan fingerprint density at radius 2 is 1.43 bits per heavy atom. The summed E-state index contributed by atoms with van der Waals surface area (Å²) in [4.78, 5) is 23.9. The topological polar surface area (TPSA) is 102 Å². The number of hydrogen-bond donors (Lipinski definition) is 1. The van der Waals surface area contributed by atoms with Crippen LogP contribution in [0.25, 0.3) is 0 Å². The van der Waals surface area contributed by atoms with Crippen LogP contribution in [0.5, 0.6) is 0 Å². The van der Waals surface area contributed by atoms with Crippen molar-refractivity contribution >= 4 is 12.1 Å². The van der Waals surface area contributed by atoms with Crippen LogP contribution in [0.2, 0.25) is 0 Å². The molecule has 0 heterocycles. The smallest absolute Gasteiger partial charge is 0.407 e. The van der Waals surface area contributed by atoms with Gasteiger partial charge < -0.3 is 33.7 Å². The zero-order valence-electron chi connectivity index (χ0n) is 17.3. The number of amides is 1. The summed E-state index contributed by atoms with van der Waals surface area (Å²) in [5.74, 6) is -0.338. The van der Waals surface area contributed by atoms with Crippen molar-refractivity contribution in [3.05, 3.63) is 25.7 Å². The number of ether oxygens (including phenoxy) is 6. The monoisotopic (exact) mass is 403 g/mol. The molecule has 0 rings (SSSR count). The van der Waals surface area contributed by atoms with Gasteiger partial charge in [0.25, 0.3) is 0 Å². The fourth-order valence-corrected chi connectivity index (χ4v) is 1.73. The van der Waals surface area contributed by atoms with Gasteiger partial charge in [-0.1, -0.05) is 20.1 Å². The van der Waals surface area contributed by atoms with Crippen molar-refractivity contribution in [2.45, 2.75) is 39.7 Å². The van der Waals surface area contributed by atoms with E-state index in [-0.39, 0.29) is 46.0 Å². The van der Waals surface area contributed by atoms with Gasteiger partial charge in [0.15, 0.2) is 13.6 Å². The van der Waals surface area contributed by atoms with E-state index in [1.54, 1.807) is 20.8 Å². The number of carbonyl (C=O) groups is 2. The van der Waals surface area contributed by atoms with E-state index in [2.05, 4.69) is 18.5 Å². The first-order valence-corrected chi connectivity index (χ1v) is 8.93. The van der Waals surface area contributed by atoms with Crippen molar-refractivity contribution < 1.29 is 38.0 Å². The Bertz CT molecular complexity index is 476. The van der Waals surface area contributed by atoms with Crippen LogP contribution in [0.4, 0.5) is 4.79 Å². The van der Waals surface area contributed by atoms with Crippen LogP contribution in [0.3, 0.4) is 0 Å². The Kier molecular flexibility index (Phi) is 12.7.